The van der Waals surface area contributed by atoms with Crippen molar-refractivity contribution < 1.29 is 19.1 Å². The zero-order valence-electron chi connectivity index (χ0n) is 18.4. The molecule has 0 unspecified atom stereocenters. The predicted octanol–water partition coefficient (Wildman–Crippen LogP) is 4.64. The summed E-state index contributed by atoms with van der Waals surface area (Å²) < 4.78 is 5.25. The minimum atomic E-state index is -0.421. The Morgan fingerprint density at radius 3 is 2.55 bits per heavy atom. The van der Waals surface area contributed by atoms with Crippen LogP contribution in [0.1, 0.15) is 54.1 Å². The van der Waals surface area contributed by atoms with E-state index >= 15 is 0 Å². The van der Waals surface area contributed by atoms with E-state index in [1.807, 2.05) is 32.0 Å². The van der Waals surface area contributed by atoms with Crippen LogP contribution in [0.15, 0.2) is 42.5 Å². The van der Waals surface area contributed by atoms with Gasteiger partial charge in [-0.25, -0.2) is 4.79 Å². The zero-order chi connectivity index (χ0) is 22.4. The summed E-state index contributed by atoms with van der Waals surface area (Å²) in [6, 6.07) is 12.5. The quantitative estimate of drug-likeness (QED) is 0.497. The molecule has 6 nitrogen and oxygen atoms in total. The number of rotatable bonds is 8. The average molecular weight is 423 g/mol. The number of nitrogens with one attached hydrogen (secondary N) is 1. The van der Waals surface area contributed by atoms with Gasteiger partial charge in [-0.3, -0.25) is 9.59 Å². The smallest absolute Gasteiger partial charge is 0.338 e. The average Bonchev–Trinajstić information content (AvgIpc) is 3.15. The monoisotopic (exact) mass is 422 g/mol. The molecule has 0 aliphatic carbocycles. The van der Waals surface area contributed by atoms with Crippen LogP contribution in [-0.4, -0.2) is 30.9 Å². The summed E-state index contributed by atoms with van der Waals surface area (Å²) in [6.45, 7) is 6.86. The Morgan fingerprint density at radius 1 is 1.10 bits per heavy atom. The van der Waals surface area contributed by atoms with Crippen LogP contribution in [-0.2, 0) is 14.3 Å². The third-order valence-electron chi connectivity index (χ3n) is 5.73. The summed E-state index contributed by atoms with van der Waals surface area (Å²) in [5.41, 5.74) is 4.06. The Labute approximate surface area is 183 Å². The molecule has 31 heavy (non-hydrogen) atoms. The number of carbonyl (C=O) groups excluding carboxylic acids is 3. The van der Waals surface area contributed by atoms with Crippen molar-refractivity contribution in [2.24, 2.45) is 5.92 Å². The second-order valence-electron chi connectivity index (χ2n) is 8.03. The SMILES string of the molecule is CCCCCOC(=O)c1ccc(NC(=O)[C@@H]2CC(=O)N(c3cccc(C)c3C)C2)cc1. The maximum absolute atomic E-state index is 12.7. The zero-order valence-corrected chi connectivity index (χ0v) is 18.4. The lowest BCUT2D eigenvalue weighted by atomic mass is 10.1. The van der Waals surface area contributed by atoms with E-state index in [0.29, 0.717) is 24.4 Å². The Morgan fingerprint density at radius 2 is 1.84 bits per heavy atom. The van der Waals surface area contributed by atoms with E-state index in [1.165, 1.54) is 0 Å². The number of ether oxygens (including phenoxy) is 1. The minimum absolute atomic E-state index is 0.0463. The number of unbranched alkanes of at least 4 members (excludes halogenated alkanes) is 2. The molecule has 1 saturated heterocycles. The van der Waals surface area contributed by atoms with Gasteiger partial charge in [-0.1, -0.05) is 31.9 Å². The molecular formula is C25H30N2O4. The van der Waals surface area contributed by atoms with Crippen LogP contribution in [0.25, 0.3) is 0 Å². The summed E-state index contributed by atoms with van der Waals surface area (Å²) in [7, 11) is 0. The number of hydrogen-bond donors (Lipinski definition) is 1. The van der Waals surface area contributed by atoms with E-state index in [4.69, 9.17) is 4.74 Å². The third kappa shape index (κ3) is 5.51. The lowest BCUT2D eigenvalue weighted by Crippen LogP contribution is -2.28. The van der Waals surface area contributed by atoms with E-state index in [0.717, 1.165) is 36.1 Å². The van der Waals surface area contributed by atoms with Gasteiger partial charge in [0.1, 0.15) is 0 Å². The molecule has 1 fully saturated rings. The minimum Gasteiger partial charge on any atom is -0.462 e. The molecule has 6 heteroatoms. The summed E-state index contributed by atoms with van der Waals surface area (Å²) in [4.78, 5) is 39.0. The van der Waals surface area contributed by atoms with Crippen molar-refractivity contribution in [3.63, 3.8) is 0 Å². The van der Waals surface area contributed by atoms with E-state index in [-0.39, 0.29) is 24.2 Å². The van der Waals surface area contributed by atoms with Gasteiger partial charge >= 0.3 is 5.97 Å². The summed E-state index contributed by atoms with van der Waals surface area (Å²) in [5, 5.41) is 2.86. The van der Waals surface area contributed by atoms with Gasteiger partial charge in [-0.2, -0.15) is 0 Å². The molecule has 2 aromatic carbocycles. The normalized spacial score (nSPS) is 15.8. The first-order valence-electron chi connectivity index (χ1n) is 10.8. The first kappa shape index (κ1) is 22.5. The fourth-order valence-corrected chi connectivity index (χ4v) is 3.68. The van der Waals surface area contributed by atoms with Crippen molar-refractivity contribution in [3.8, 4) is 0 Å². The van der Waals surface area contributed by atoms with Crippen molar-refractivity contribution in [1.82, 2.24) is 0 Å². The Bertz CT molecular complexity index is 952. The molecule has 1 atom stereocenters. The summed E-state index contributed by atoms with van der Waals surface area (Å²) in [5.74, 6) is -1.03. The highest BCUT2D eigenvalue weighted by atomic mass is 16.5. The van der Waals surface area contributed by atoms with Crippen LogP contribution in [0.2, 0.25) is 0 Å². The Balaban J connectivity index is 1.57. The molecule has 2 amide bonds. The number of aryl methyl sites for hydroxylation is 1. The number of anilines is 2. The van der Waals surface area contributed by atoms with Crippen LogP contribution in [0.3, 0.4) is 0 Å². The highest BCUT2D eigenvalue weighted by molar-refractivity contribution is 6.04. The number of carbonyl (C=O) groups is 3. The molecular weight excluding hydrogens is 392 g/mol. The van der Waals surface area contributed by atoms with Crippen molar-refractivity contribution >= 4 is 29.2 Å². The summed E-state index contributed by atoms with van der Waals surface area (Å²) in [6.07, 6.45) is 3.14. The highest BCUT2D eigenvalue weighted by Crippen LogP contribution is 2.30. The van der Waals surface area contributed by atoms with Gasteiger partial charge in [0.25, 0.3) is 0 Å². The molecule has 0 radical (unpaired) electrons. The molecule has 1 aliphatic heterocycles. The van der Waals surface area contributed by atoms with E-state index in [9.17, 15) is 14.4 Å². The second kappa shape index (κ2) is 10.2. The van der Waals surface area contributed by atoms with E-state index in [2.05, 4.69) is 12.2 Å². The predicted molar refractivity (Wildman–Crippen MR) is 121 cm³/mol. The Hall–Kier alpha value is -3.15. The van der Waals surface area contributed by atoms with Crippen LogP contribution >= 0.6 is 0 Å². The number of hydrogen-bond acceptors (Lipinski definition) is 4. The highest BCUT2D eigenvalue weighted by Gasteiger charge is 2.35. The molecule has 1 N–H and O–H groups in total. The second-order valence-corrected chi connectivity index (χ2v) is 8.03. The van der Waals surface area contributed by atoms with Gasteiger partial charge in [0.15, 0.2) is 0 Å². The van der Waals surface area contributed by atoms with Crippen molar-refractivity contribution in [2.45, 2.75) is 46.5 Å². The lowest BCUT2D eigenvalue weighted by Gasteiger charge is -2.20. The first-order chi connectivity index (χ1) is 14.9. The number of nitrogens with zero attached hydrogens (tertiary/aromatic N) is 1. The molecule has 1 heterocycles. The van der Waals surface area contributed by atoms with Crippen molar-refractivity contribution in [1.29, 1.82) is 0 Å². The lowest BCUT2D eigenvalue weighted by molar-refractivity contribution is -0.122. The fraction of sp³-hybridized carbons (Fsp3) is 0.400. The van der Waals surface area contributed by atoms with Gasteiger partial charge in [0.2, 0.25) is 11.8 Å². The molecule has 3 rings (SSSR count). The van der Waals surface area contributed by atoms with Crippen molar-refractivity contribution in [2.75, 3.05) is 23.4 Å². The molecule has 0 bridgehead atoms. The Kier molecular flexibility index (Phi) is 7.45. The van der Waals surface area contributed by atoms with Crippen LogP contribution in [0.5, 0.6) is 0 Å². The van der Waals surface area contributed by atoms with Gasteiger partial charge < -0.3 is 15.0 Å². The van der Waals surface area contributed by atoms with E-state index in [1.54, 1.807) is 29.2 Å². The topological polar surface area (TPSA) is 75.7 Å². The summed E-state index contributed by atoms with van der Waals surface area (Å²) >= 11 is 0. The van der Waals surface area contributed by atoms with Crippen molar-refractivity contribution in [3.05, 3.63) is 59.2 Å². The number of benzene rings is 2. The maximum atomic E-state index is 12.7. The molecule has 164 valence electrons. The molecule has 0 spiro atoms. The third-order valence-corrected chi connectivity index (χ3v) is 5.73. The van der Waals surface area contributed by atoms with E-state index < -0.39 is 5.92 Å². The van der Waals surface area contributed by atoms with Gasteiger partial charge in [0, 0.05) is 24.3 Å². The van der Waals surface area contributed by atoms with Crippen LogP contribution in [0, 0.1) is 19.8 Å². The molecule has 0 aromatic heterocycles. The van der Waals surface area contributed by atoms with Gasteiger partial charge in [0.05, 0.1) is 18.1 Å². The van der Waals surface area contributed by atoms with Crippen LogP contribution in [0.4, 0.5) is 11.4 Å². The van der Waals surface area contributed by atoms with Crippen LogP contribution < -0.4 is 10.2 Å². The standard InChI is InChI=1S/C25H30N2O4/c1-4-5-6-14-31-25(30)19-10-12-21(13-11-19)26-24(29)20-15-23(28)27(16-20)22-9-7-8-17(2)18(22)3/h7-13,20H,4-6,14-16H2,1-3H3,(H,26,29)/t20-/m1/s1. The number of amides is 2. The molecule has 0 saturated carbocycles. The molecule has 2 aromatic rings. The van der Waals surface area contributed by atoms with Gasteiger partial charge in [-0.15, -0.1) is 0 Å². The fourth-order valence-electron chi connectivity index (χ4n) is 3.68. The molecule has 1 aliphatic rings. The maximum Gasteiger partial charge on any atom is 0.338 e. The largest absolute Gasteiger partial charge is 0.462 e. The first-order valence-corrected chi connectivity index (χ1v) is 10.8. The number of esters is 1. The van der Waals surface area contributed by atoms with Gasteiger partial charge in [-0.05, 0) is 61.7 Å².